The standard InChI is InChI=1S/C5H4Cl4O/c6-3-4(10)1-2-5(7,8)9/h1-2H,3H2. The van der Waals surface area contributed by atoms with Gasteiger partial charge in [-0.15, -0.1) is 11.6 Å². The smallest absolute Gasteiger partial charge is 0.209 e. The number of carbonyl (C=O) groups excluding carboxylic acids is 1. The predicted molar refractivity (Wildman–Crippen MR) is 45.2 cm³/mol. The number of carbonyl (C=O) groups is 1. The topological polar surface area (TPSA) is 17.1 Å². The molecule has 0 heterocycles. The van der Waals surface area contributed by atoms with Gasteiger partial charge in [-0.25, -0.2) is 0 Å². The van der Waals surface area contributed by atoms with E-state index in [1.165, 1.54) is 0 Å². The van der Waals surface area contributed by atoms with Crippen LogP contribution in [0.1, 0.15) is 0 Å². The van der Waals surface area contributed by atoms with E-state index >= 15 is 0 Å². The fraction of sp³-hybridized carbons (Fsp3) is 0.400. The van der Waals surface area contributed by atoms with Gasteiger partial charge in [-0.1, -0.05) is 34.8 Å². The number of halogens is 4. The van der Waals surface area contributed by atoms with Crippen LogP contribution in [-0.4, -0.2) is 15.5 Å². The molecule has 0 N–H and O–H groups in total. The van der Waals surface area contributed by atoms with Crippen molar-refractivity contribution >= 4 is 52.2 Å². The molecule has 0 aliphatic heterocycles. The second-order valence-electron chi connectivity index (χ2n) is 1.47. The van der Waals surface area contributed by atoms with Crippen molar-refractivity contribution < 1.29 is 4.79 Å². The fourth-order valence-electron chi connectivity index (χ4n) is 0.232. The first kappa shape index (κ1) is 10.6. The molecule has 0 amide bonds. The Labute approximate surface area is 78.9 Å². The molecule has 1 nitrogen and oxygen atoms in total. The van der Waals surface area contributed by atoms with Crippen molar-refractivity contribution in [2.75, 3.05) is 5.88 Å². The minimum atomic E-state index is -1.51. The molecule has 0 unspecified atom stereocenters. The summed E-state index contributed by atoms with van der Waals surface area (Å²) < 4.78 is -1.51. The zero-order chi connectivity index (χ0) is 8.20. The van der Waals surface area contributed by atoms with Gasteiger partial charge in [0.1, 0.15) is 0 Å². The van der Waals surface area contributed by atoms with Gasteiger partial charge in [-0.2, -0.15) is 0 Å². The van der Waals surface area contributed by atoms with Gasteiger partial charge in [0.25, 0.3) is 0 Å². The second kappa shape index (κ2) is 4.45. The van der Waals surface area contributed by atoms with Crippen molar-refractivity contribution in [1.29, 1.82) is 0 Å². The maximum atomic E-state index is 10.5. The SMILES string of the molecule is O=C(C=CC(Cl)(Cl)Cl)CCl. The molecule has 10 heavy (non-hydrogen) atoms. The summed E-state index contributed by atoms with van der Waals surface area (Å²) in [5.74, 6) is -0.384. The van der Waals surface area contributed by atoms with Gasteiger partial charge < -0.3 is 0 Å². The van der Waals surface area contributed by atoms with E-state index in [0.29, 0.717) is 0 Å². The van der Waals surface area contributed by atoms with Crippen LogP contribution >= 0.6 is 46.4 Å². The fourth-order valence-corrected chi connectivity index (χ4v) is 0.510. The van der Waals surface area contributed by atoms with Gasteiger partial charge in [0.05, 0.1) is 5.88 Å². The van der Waals surface area contributed by atoms with E-state index in [-0.39, 0.29) is 11.7 Å². The molecule has 0 spiro atoms. The molecule has 58 valence electrons. The van der Waals surface area contributed by atoms with E-state index in [1.807, 2.05) is 0 Å². The predicted octanol–water partition coefficient (Wildman–Crippen LogP) is 2.72. The van der Waals surface area contributed by atoms with E-state index in [1.54, 1.807) is 0 Å². The lowest BCUT2D eigenvalue weighted by molar-refractivity contribution is -0.112. The number of hydrogen-bond donors (Lipinski definition) is 0. The van der Waals surface area contributed by atoms with Crippen LogP contribution in [0.3, 0.4) is 0 Å². The largest absolute Gasteiger partial charge is 0.294 e. The zero-order valence-corrected chi connectivity index (χ0v) is 7.81. The van der Waals surface area contributed by atoms with Crippen LogP contribution in [-0.2, 0) is 4.79 Å². The molecule has 0 aliphatic carbocycles. The van der Waals surface area contributed by atoms with Crippen LogP contribution < -0.4 is 0 Å². The summed E-state index contributed by atoms with van der Waals surface area (Å²) in [6.45, 7) is 0. The Balaban J connectivity index is 3.88. The van der Waals surface area contributed by atoms with Gasteiger partial charge in [-0.3, -0.25) is 4.79 Å². The van der Waals surface area contributed by atoms with Crippen molar-refractivity contribution in [3.8, 4) is 0 Å². The molecule has 0 aromatic carbocycles. The molecule has 0 aromatic rings. The highest BCUT2D eigenvalue weighted by Crippen LogP contribution is 2.27. The molecule has 5 heteroatoms. The highest BCUT2D eigenvalue weighted by molar-refractivity contribution is 6.69. The minimum absolute atomic E-state index is 0.1000. The molecule has 0 fully saturated rings. The Bertz CT molecular complexity index is 146. The highest BCUT2D eigenvalue weighted by Gasteiger charge is 2.14. The monoisotopic (exact) mass is 220 g/mol. The van der Waals surface area contributed by atoms with Gasteiger partial charge in [-0.05, 0) is 12.2 Å². The van der Waals surface area contributed by atoms with Crippen LogP contribution in [0.25, 0.3) is 0 Å². The van der Waals surface area contributed by atoms with Crippen LogP contribution in [0.4, 0.5) is 0 Å². The van der Waals surface area contributed by atoms with Gasteiger partial charge >= 0.3 is 0 Å². The van der Waals surface area contributed by atoms with Crippen LogP contribution in [0.2, 0.25) is 0 Å². The Morgan fingerprint density at radius 1 is 1.40 bits per heavy atom. The van der Waals surface area contributed by atoms with Crippen molar-refractivity contribution in [2.45, 2.75) is 3.79 Å². The lowest BCUT2D eigenvalue weighted by atomic mass is 10.4. The van der Waals surface area contributed by atoms with Gasteiger partial charge in [0, 0.05) is 0 Å². The first-order valence-electron chi connectivity index (χ1n) is 2.30. The molecule has 0 saturated carbocycles. The second-order valence-corrected chi connectivity index (χ2v) is 4.11. The molecule has 0 atom stereocenters. The first-order chi connectivity index (χ1) is 4.45. The van der Waals surface area contributed by atoms with Crippen molar-refractivity contribution in [3.05, 3.63) is 12.2 Å². The first-order valence-corrected chi connectivity index (χ1v) is 3.97. The number of rotatable bonds is 2. The van der Waals surface area contributed by atoms with Crippen molar-refractivity contribution in [3.63, 3.8) is 0 Å². The third kappa shape index (κ3) is 6.69. The van der Waals surface area contributed by atoms with E-state index in [0.717, 1.165) is 12.2 Å². The summed E-state index contributed by atoms with van der Waals surface area (Å²) in [5.41, 5.74) is 0. The minimum Gasteiger partial charge on any atom is -0.294 e. The Kier molecular flexibility index (Phi) is 4.70. The van der Waals surface area contributed by atoms with E-state index < -0.39 is 3.79 Å². The van der Waals surface area contributed by atoms with Crippen LogP contribution in [0, 0.1) is 0 Å². The number of ketones is 1. The van der Waals surface area contributed by atoms with Crippen molar-refractivity contribution in [1.82, 2.24) is 0 Å². The number of alkyl halides is 4. The van der Waals surface area contributed by atoms with E-state index in [9.17, 15) is 4.79 Å². The lowest BCUT2D eigenvalue weighted by Gasteiger charge is -2.00. The maximum absolute atomic E-state index is 10.5. The van der Waals surface area contributed by atoms with Crippen molar-refractivity contribution in [2.24, 2.45) is 0 Å². The number of hydrogen-bond acceptors (Lipinski definition) is 1. The quantitative estimate of drug-likeness (QED) is 0.518. The molecule has 0 aliphatic rings. The third-order valence-electron chi connectivity index (χ3n) is 0.590. The van der Waals surface area contributed by atoms with Crippen LogP contribution in [0.5, 0.6) is 0 Å². The molecule has 0 bridgehead atoms. The third-order valence-corrected chi connectivity index (χ3v) is 1.23. The van der Waals surface area contributed by atoms with Crippen LogP contribution in [0.15, 0.2) is 12.2 Å². The summed E-state index contributed by atoms with van der Waals surface area (Å²) in [5, 5.41) is 0. The summed E-state index contributed by atoms with van der Waals surface area (Å²) in [6, 6.07) is 0. The van der Waals surface area contributed by atoms with E-state index in [4.69, 9.17) is 46.4 Å². The summed E-state index contributed by atoms with van der Waals surface area (Å²) >= 11 is 21.0. The molecule has 0 rings (SSSR count). The Hall–Kier alpha value is 0.570. The molecular weight excluding hydrogens is 218 g/mol. The Morgan fingerprint density at radius 2 is 1.90 bits per heavy atom. The molecule has 0 radical (unpaired) electrons. The maximum Gasteiger partial charge on any atom is 0.209 e. The summed E-state index contributed by atoms with van der Waals surface area (Å²) in [7, 11) is 0. The normalized spacial score (nSPS) is 12.4. The Morgan fingerprint density at radius 3 is 2.20 bits per heavy atom. The molecule has 0 aromatic heterocycles. The molecule has 0 saturated heterocycles. The average molecular weight is 222 g/mol. The lowest BCUT2D eigenvalue weighted by Crippen LogP contribution is -1.99. The van der Waals surface area contributed by atoms with Gasteiger partial charge in [0.15, 0.2) is 5.78 Å². The summed E-state index contributed by atoms with van der Waals surface area (Å²) in [6.07, 6.45) is 2.29. The highest BCUT2D eigenvalue weighted by atomic mass is 35.6. The average Bonchev–Trinajstić information content (AvgIpc) is 1.81. The summed E-state index contributed by atoms with van der Waals surface area (Å²) in [4.78, 5) is 10.5. The van der Waals surface area contributed by atoms with Gasteiger partial charge in [0.2, 0.25) is 3.79 Å². The molecular formula is C5H4Cl4O. The number of allylic oxidation sites excluding steroid dienone is 2. The zero-order valence-electron chi connectivity index (χ0n) is 4.78. The van der Waals surface area contributed by atoms with E-state index in [2.05, 4.69) is 0 Å².